The monoisotopic (exact) mass is 703 g/mol. The van der Waals surface area contributed by atoms with Crippen molar-refractivity contribution in [3.05, 3.63) is 29.2 Å². The predicted molar refractivity (Wildman–Crippen MR) is 179 cm³/mol. The number of hydrogen-bond acceptors (Lipinski definition) is 13. The third-order valence-electron chi connectivity index (χ3n) is 6.12. The Hall–Kier alpha value is -3.89. The number of amides is 2. The van der Waals surface area contributed by atoms with Crippen molar-refractivity contribution >= 4 is 41.7 Å². The number of carbonyl (C=O) groups excluding carboxylic acids is 5. The van der Waals surface area contributed by atoms with E-state index >= 15 is 0 Å². The molecule has 0 aliphatic carbocycles. The average Bonchev–Trinajstić information content (AvgIpc) is 3.41. The van der Waals surface area contributed by atoms with Gasteiger partial charge in [0.15, 0.2) is 5.78 Å². The number of aromatic nitrogens is 2. The molecule has 3 heterocycles. The van der Waals surface area contributed by atoms with E-state index in [1.165, 1.54) is 9.80 Å². The van der Waals surface area contributed by atoms with E-state index < -0.39 is 41.2 Å². The number of rotatable bonds is 5. The van der Waals surface area contributed by atoms with E-state index in [1.54, 1.807) is 91.7 Å². The molecule has 16 nitrogen and oxygen atoms in total. The van der Waals surface area contributed by atoms with Crippen LogP contribution in [0.1, 0.15) is 80.0 Å². The Labute approximate surface area is 288 Å². The standard InChI is InChI=1S/C16H26N2O5.C14H21N3O4.CH4.ClH3N2/c1-7-22-14(20)12-10-18(15(21)23-16(2,3)4)9-11(13(12)19)8-17(5)6;1-5-20-12(18)10-8-17(13(19)21-14(2,3)4)7-9-6-15-16-11(9)10;;1-3-2/h8,12H,7,9-10H2,1-6H3;6,10H,5,7-8H2,1-4H3,(H,15,16);1H4;3H,2H2. The summed E-state index contributed by atoms with van der Waals surface area (Å²) in [6.07, 6.45) is 2.25. The Balaban J connectivity index is 0.000000836. The van der Waals surface area contributed by atoms with Gasteiger partial charge in [0.25, 0.3) is 0 Å². The summed E-state index contributed by atoms with van der Waals surface area (Å²) in [5, 5.41) is 6.78. The minimum atomic E-state index is -1.01. The number of carbonyl (C=O) groups is 5. The summed E-state index contributed by atoms with van der Waals surface area (Å²) in [5.41, 5.74) is 0.680. The van der Waals surface area contributed by atoms with Crippen LogP contribution in [0.2, 0.25) is 0 Å². The number of ketones is 1. The van der Waals surface area contributed by atoms with Crippen LogP contribution in [0.25, 0.3) is 0 Å². The molecule has 2 aliphatic heterocycles. The van der Waals surface area contributed by atoms with E-state index in [4.69, 9.17) is 18.9 Å². The highest BCUT2D eigenvalue weighted by atomic mass is 35.5. The molecule has 1 aromatic rings. The fourth-order valence-electron chi connectivity index (χ4n) is 4.41. The van der Waals surface area contributed by atoms with Crippen LogP contribution in [-0.2, 0) is 39.9 Å². The highest BCUT2D eigenvalue weighted by Crippen LogP contribution is 2.28. The first-order valence-electron chi connectivity index (χ1n) is 15.1. The molecule has 2 amide bonds. The minimum absolute atomic E-state index is 0. The van der Waals surface area contributed by atoms with Gasteiger partial charge in [-0.2, -0.15) is 10.0 Å². The molecule has 2 aliphatic rings. The maximum Gasteiger partial charge on any atom is 0.410 e. The van der Waals surface area contributed by atoms with Crippen molar-refractivity contribution in [3.8, 4) is 0 Å². The number of hydrogen-bond donors (Lipinski definition) is 3. The lowest BCUT2D eigenvalue weighted by Gasteiger charge is -2.34. The van der Waals surface area contributed by atoms with Gasteiger partial charge in [-0.1, -0.05) is 7.43 Å². The Morgan fingerprint density at radius 3 is 1.83 bits per heavy atom. The van der Waals surface area contributed by atoms with Gasteiger partial charge in [-0.15, -0.1) is 0 Å². The zero-order valence-electron chi connectivity index (χ0n) is 29.0. The van der Waals surface area contributed by atoms with E-state index in [-0.39, 0.29) is 45.4 Å². The van der Waals surface area contributed by atoms with Crippen LogP contribution in [0.4, 0.5) is 9.59 Å². The van der Waals surface area contributed by atoms with Gasteiger partial charge in [-0.05, 0) is 67.2 Å². The van der Waals surface area contributed by atoms with Crippen LogP contribution >= 0.6 is 11.8 Å². The lowest BCUT2D eigenvalue weighted by Crippen LogP contribution is -2.50. The van der Waals surface area contributed by atoms with E-state index in [9.17, 15) is 24.0 Å². The van der Waals surface area contributed by atoms with Gasteiger partial charge in [0.05, 0.1) is 38.2 Å². The van der Waals surface area contributed by atoms with Crippen molar-refractivity contribution < 1.29 is 42.9 Å². The maximum atomic E-state index is 12.5. The summed E-state index contributed by atoms with van der Waals surface area (Å²) < 4.78 is 20.7. The number of likely N-dealkylation sites (tertiary alicyclic amines) is 1. The fraction of sp³-hybridized carbons (Fsp3) is 0.677. The summed E-state index contributed by atoms with van der Waals surface area (Å²) in [5.74, 6) is 1.51. The molecule has 1 aromatic heterocycles. The zero-order chi connectivity index (χ0) is 36.1. The largest absolute Gasteiger partial charge is 0.465 e. The molecule has 274 valence electrons. The number of hydrazine groups is 1. The van der Waals surface area contributed by atoms with Gasteiger partial charge >= 0.3 is 24.1 Å². The number of ether oxygens (including phenoxy) is 4. The Kier molecular flexibility index (Phi) is 18.2. The lowest BCUT2D eigenvalue weighted by molar-refractivity contribution is -0.152. The minimum Gasteiger partial charge on any atom is -0.465 e. The first-order chi connectivity index (χ1) is 21.8. The summed E-state index contributed by atoms with van der Waals surface area (Å²) in [4.78, 5) is 67.3. The fourth-order valence-corrected chi connectivity index (χ4v) is 4.41. The normalized spacial score (nSPS) is 18.1. The second-order valence-electron chi connectivity index (χ2n) is 12.7. The molecule has 0 spiro atoms. The summed E-state index contributed by atoms with van der Waals surface area (Å²) in [6, 6.07) is 0. The number of nitrogens with one attached hydrogen (secondary N) is 2. The highest BCUT2D eigenvalue weighted by molar-refractivity contribution is 6.12. The number of nitrogens with zero attached hydrogens (tertiary/aromatic N) is 4. The average molecular weight is 704 g/mol. The van der Waals surface area contributed by atoms with Crippen LogP contribution in [0.15, 0.2) is 18.0 Å². The molecule has 0 saturated carbocycles. The smallest absolute Gasteiger partial charge is 0.410 e. The molecule has 0 bridgehead atoms. The highest BCUT2D eigenvalue weighted by Gasteiger charge is 2.40. The van der Waals surface area contributed by atoms with E-state index in [1.807, 2.05) is 0 Å². The molecular weight excluding hydrogens is 650 g/mol. The third-order valence-corrected chi connectivity index (χ3v) is 6.12. The number of esters is 2. The molecule has 2 unspecified atom stereocenters. The van der Waals surface area contributed by atoms with Crippen LogP contribution in [0.5, 0.6) is 0 Å². The van der Waals surface area contributed by atoms with Crippen molar-refractivity contribution in [2.45, 2.75) is 86.5 Å². The van der Waals surface area contributed by atoms with E-state index in [0.717, 1.165) is 5.56 Å². The molecule has 48 heavy (non-hydrogen) atoms. The van der Waals surface area contributed by atoms with Crippen molar-refractivity contribution in [3.63, 3.8) is 0 Å². The number of piperidine rings is 1. The summed E-state index contributed by atoms with van der Waals surface area (Å²) >= 11 is 4.53. The molecule has 4 N–H and O–H groups in total. The van der Waals surface area contributed by atoms with Crippen molar-refractivity contribution in [2.24, 2.45) is 11.8 Å². The van der Waals surface area contributed by atoms with Crippen molar-refractivity contribution in [1.29, 1.82) is 0 Å². The van der Waals surface area contributed by atoms with Gasteiger partial charge in [0, 0.05) is 44.5 Å². The first-order valence-corrected chi connectivity index (χ1v) is 15.4. The van der Waals surface area contributed by atoms with Gasteiger partial charge in [-0.3, -0.25) is 25.3 Å². The molecule has 0 aromatic carbocycles. The maximum absolute atomic E-state index is 12.5. The lowest BCUT2D eigenvalue weighted by atomic mass is 9.93. The van der Waals surface area contributed by atoms with Crippen molar-refractivity contribution in [1.82, 2.24) is 29.8 Å². The molecule has 0 radical (unpaired) electrons. The molecule has 17 heteroatoms. The van der Waals surface area contributed by atoms with Gasteiger partial charge in [-0.25, -0.2) is 9.59 Å². The van der Waals surface area contributed by atoms with E-state index in [0.29, 0.717) is 24.4 Å². The summed E-state index contributed by atoms with van der Waals surface area (Å²) in [7, 11) is 3.54. The van der Waals surface area contributed by atoms with Gasteiger partial charge < -0.3 is 33.6 Å². The summed E-state index contributed by atoms with van der Waals surface area (Å²) in [6.45, 7) is 15.3. The third kappa shape index (κ3) is 14.5. The van der Waals surface area contributed by atoms with Gasteiger partial charge in [0.2, 0.25) is 0 Å². The number of Topliss-reactive ketones (excluding diaryl/α,β-unsaturated/α-hetero) is 1. The van der Waals surface area contributed by atoms with Gasteiger partial charge in [0.1, 0.15) is 23.0 Å². The van der Waals surface area contributed by atoms with Crippen LogP contribution in [-0.4, -0.2) is 113 Å². The SMILES string of the molecule is C.CCOC(=O)C1CN(C(=O)OC(C)(C)C)CC(=CN(C)C)C1=O.CCOC(=O)C1CN(C(=O)OC(C)(C)C)Cc2cn[nH]c21.NNCl. The van der Waals surface area contributed by atoms with E-state index in [2.05, 4.69) is 27.8 Å². The first kappa shape index (κ1) is 44.1. The number of nitrogens with two attached hydrogens (primary N) is 1. The molecule has 1 fully saturated rings. The topological polar surface area (TPSA) is 199 Å². The Morgan fingerprint density at radius 1 is 0.958 bits per heavy atom. The number of halogens is 1. The number of H-pyrrole nitrogens is 1. The number of fused-ring (bicyclic) bond motifs is 1. The molecular formula is C31H54ClN7O9. The molecule has 1 saturated heterocycles. The zero-order valence-corrected chi connectivity index (χ0v) is 29.7. The van der Waals surface area contributed by atoms with Crippen LogP contribution in [0, 0.1) is 5.92 Å². The number of aromatic amines is 1. The second kappa shape index (κ2) is 19.8. The van der Waals surface area contributed by atoms with Crippen molar-refractivity contribution in [2.75, 3.05) is 46.9 Å². The Morgan fingerprint density at radius 2 is 1.40 bits per heavy atom. The molecule has 2 atom stereocenters. The quantitative estimate of drug-likeness (QED) is 0.0767. The van der Waals surface area contributed by atoms with Crippen LogP contribution < -0.4 is 10.8 Å². The second-order valence-corrected chi connectivity index (χ2v) is 12.9. The van der Waals surface area contributed by atoms with Crippen LogP contribution in [0.3, 0.4) is 0 Å². The Bertz CT molecular complexity index is 1260. The predicted octanol–water partition coefficient (Wildman–Crippen LogP) is 3.48. The molecule has 3 rings (SSSR count).